The molecule has 0 saturated carbocycles. The van der Waals surface area contributed by atoms with Crippen molar-refractivity contribution in [2.45, 2.75) is 47.6 Å². The summed E-state index contributed by atoms with van der Waals surface area (Å²) < 4.78 is 0. The molecule has 0 aliphatic heterocycles. The maximum Gasteiger partial charge on any atom is 0.0674 e. The minimum Gasteiger partial charge on any atom is -0.309 e. The number of thiophene rings is 1. The molecular formula is C18H25NS. The van der Waals surface area contributed by atoms with E-state index in [4.69, 9.17) is 0 Å². The lowest BCUT2D eigenvalue weighted by Crippen LogP contribution is -2.20. The number of hydrogen-bond acceptors (Lipinski definition) is 2. The van der Waals surface area contributed by atoms with E-state index in [-0.39, 0.29) is 0 Å². The van der Waals surface area contributed by atoms with Crippen LogP contribution >= 0.6 is 11.3 Å². The van der Waals surface area contributed by atoms with Gasteiger partial charge in [0.15, 0.2) is 0 Å². The molecule has 1 heterocycles. The standard InChI is InChI=1S/C18H25NS/c1-10-8-9-16(20-10)18(19-7)17-14(5)12(3)11(2)13(4)15(17)6/h8-9,18-19H,1-7H3. The molecular weight excluding hydrogens is 262 g/mol. The van der Waals surface area contributed by atoms with Gasteiger partial charge in [0, 0.05) is 9.75 Å². The van der Waals surface area contributed by atoms with Crippen molar-refractivity contribution in [3.63, 3.8) is 0 Å². The van der Waals surface area contributed by atoms with Gasteiger partial charge in [0.05, 0.1) is 6.04 Å². The third kappa shape index (κ3) is 2.43. The van der Waals surface area contributed by atoms with E-state index in [0.717, 1.165) is 0 Å². The van der Waals surface area contributed by atoms with Crippen LogP contribution < -0.4 is 5.32 Å². The van der Waals surface area contributed by atoms with Crippen LogP contribution in [0.1, 0.15) is 49.2 Å². The monoisotopic (exact) mass is 287 g/mol. The molecule has 0 bridgehead atoms. The zero-order chi connectivity index (χ0) is 15.0. The van der Waals surface area contributed by atoms with Crippen molar-refractivity contribution in [3.8, 4) is 0 Å². The van der Waals surface area contributed by atoms with Crippen LogP contribution in [0.2, 0.25) is 0 Å². The minimum atomic E-state index is 0.298. The number of hydrogen-bond donors (Lipinski definition) is 1. The van der Waals surface area contributed by atoms with Crippen LogP contribution in [0.3, 0.4) is 0 Å². The minimum absolute atomic E-state index is 0.298. The molecule has 1 unspecified atom stereocenters. The maximum absolute atomic E-state index is 3.51. The molecule has 20 heavy (non-hydrogen) atoms. The predicted octanol–water partition coefficient (Wildman–Crippen LogP) is 4.91. The molecule has 0 aliphatic carbocycles. The maximum atomic E-state index is 3.51. The largest absolute Gasteiger partial charge is 0.309 e. The fourth-order valence-corrected chi connectivity index (χ4v) is 4.00. The molecule has 2 rings (SSSR count). The zero-order valence-electron chi connectivity index (χ0n) is 13.6. The molecule has 1 atom stereocenters. The summed E-state index contributed by atoms with van der Waals surface area (Å²) in [6, 6.07) is 4.76. The zero-order valence-corrected chi connectivity index (χ0v) is 14.5. The Hall–Kier alpha value is -1.12. The molecule has 0 fully saturated rings. The van der Waals surface area contributed by atoms with Gasteiger partial charge in [-0.05, 0) is 94.1 Å². The van der Waals surface area contributed by atoms with Gasteiger partial charge in [-0.15, -0.1) is 11.3 Å². The molecule has 2 aromatic rings. The van der Waals surface area contributed by atoms with Crippen LogP contribution in [0.4, 0.5) is 0 Å². The molecule has 0 spiro atoms. The van der Waals surface area contributed by atoms with E-state index >= 15 is 0 Å². The van der Waals surface area contributed by atoms with Crippen molar-refractivity contribution in [3.05, 3.63) is 55.3 Å². The Morgan fingerprint density at radius 3 is 1.70 bits per heavy atom. The van der Waals surface area contributed by atoms with Gasteiger partial charge in [-0.3, -0.25) is 0 Å². The van der Waals surface area contributed by atoms with Gasteiger partial charge >= 0.3 is 0 Å². The first-order chi connectivity index (χ1) is 9.38. The summed E-state index contributed by atoms with van der Waals surface area (Å²) in [6.07, 6.45) is 0. The second-order valence-corrected chi connectivity index (χ2v) is 7.03. The van der Waals surface area contributed by atoms with E-state index in [1.165, 1.54) is 43.1 Å². The lowest BCUT2D eigenvalue weighted by atomic mass is 9.86. The van der Waals surface area contributed by atoms with Crippen LogP contribution in [0.15, 0.2) is 12.1 Å². The van der Waals surface area contributed by atoms with E-state index in [0.29, 0.717) is 6.04 Å². The first-order valence-corrected chi connectivity index (χ1v) is 8.00. The van der Waals surface area contributed by atoms with Gasteiger partial charge in [-0.25, -0.2) is 0 Å². The first-order valence-electron chi connectivity index (χ1n) is 7.18. The van der Waals surface area contributed by atoms with Crippen LogP contribution in [0, 0.1) is 41.5 Å². The third-order valence-corrected chi connectivity index (χ3v) is 5.75. The van der Waals surface area contributed by atoms with Gasteiger partial charge in [-0.1, -0.05) is 0 Å². The molecule has 108 valence electrons. The van der Waals surface area contributed by atoms with Crippen molar-refractivity contribution in [2.75, 3.05) is 7.05 Å². The molecule has 1 N–H and O–H groups in total. The van der Waals surface area contributed by atoms with Crippen LogP contribution in [-0.4, -0.2) is 7.05 Å². The Morgan fingerprint density at radius 1 is 0.800 bits per heavy atom. The highest BCUT2D eigenvalue weighted by Gasteiger charge is 2.21. The van der Waals surface area contributed by atoms with Gasteiger partial charge in [0.1, 0.15) is 0 Å². The van der Waals surface area contributed by atoms with Crippen molar-refractivity contribution in [2.24, 2.45) is 0 Å². The topological polar surface area (TPSA) is 12.0 Å². The Morgan fingerprint density at radius 2 is 1.30 bits per heavy atom. The van der Waals surface area contributed by atoms with Crippen molar-refractivity contribution < 1.29 is 0 Å². The van der Waals surface area contributed by atoms with Crippen molar-refractivity contribution >= 4 is 11.3 Å². The van der Waals surface area contributed by atoms with E-state index < -0.39 is 0 Å². The fraction of sp³-hybridized carbons (Fsp3) is 0.444. The summed E-state index contributed by atoms with van der Waals surface area (Å²) in [5.74, 6) is 0. The Labute approximate surface area is 127 Å². The number of nitrogens with one attached hydrogen (secondary N) is 1. The van der Waals surface area contributed by atoms with E-state index in [1.807, 2.05) is 11.3 Å². The van der Waals surface area contributed by atoms with Gasteiger partial charge < -0.3 is 5.32 Å². The number of benzene rings is 1. The summed E-state index contributed by atoms with van der Waals surface area (Å²) in [7, 11) is 2.06. The second kappa shape index (κ2) is 5.71. The van der Waals surface area contributed by atoms with E-state index in [1.54, 1.807) is 0 Å². The quantitative estimate of drug-likeness (QED) is 0.846. The van der Waals surface area contributed by atoms with Crippen molar-refractivity contribution in [1.82, 2.24) is 5.32 Å². The predicted molar refractivity (Wildman–Crippen MR) is 90.1 cm³/mol. The third-order valence-electron chi connectivity index (χ3n) is 4.68. The van der Waals surface area contributed by atoms with Crippen molar-refractivity contribution in [1.29, 1.82) is 0 Å². The SMILES string of the molecule is CNC(c1ccc(C)s1)c1c(C)c(C)c(C)c(C)c1C. The summed E-state index contributed by atoms with van der Waals surface area (Å²) in [5, 5.41) is 3.51. The Bertz CT molecular complexity index is 608. The summed E-state index contributed by atoms with van der Waals surface area (Å²) in [4.78, 5) is 2.77. The normalized spacial score (nSPS) is 12.8. The van der Waals surface area contributed by atoms with Gasteiger partial charge in [0.2, 0.25) is 0 Å². The molecule has 2 heteroatoms. The molecule has 1 aromatic heterocycles. The average Bonchev–Trinajstić information content (AvgIpc) is 2.85. The lowest BCUT2D eigenvalue weighted by Gasteiger charge is -2.25. The molecule has 1 nitrogen and oxygen atoms in total. The fourth-order valence-electron chi connectivity index (χ4n) is 3.00. The molecule has 0 radical (unpaired) electrons. The molecule has 1 aromatic carbocycles. The van der Waals surface area contributed by atoms with Gasteiger partial charge in [0.25, 0.3) is 0 Å². The molecule has 0 aliphatic rings. The average molecular weight is 287 g/mol. The first kappa shape index (κ1) is 15.3. The summed E-state index contributed by atoms with van der Waals surface area (Å²) in [6.45, 7) is 13.4. The number of aryl methyl sites for hydroxylation is 1. The Balaban J connectivity index is 2.67. The summed E-state index contributed by atoms with van der Waals surface area (Å²) in [5.41, 5.74) is 8.59. The van der Waals surface area contributed by atoms with E-state index in [9.17, 15) is 0 Å². The highest BCUT2D eigenvalue weighted by molar-refractivity contribution is 7.12. The Kier molecular flexibility index (Phi) is 4.36. The van der Waals surface area contributed by atoms with E-state index in [2.05, 4.69) is 66.0 Å². The van der Waals surface area contributed by atoms with Crippen LogP contribution in [0.25, 0.3) is 0 Å². The smallest absolute Gasteiger partial charge is 0.0674 e. The van der Waals surface area contributed by atoms with Crippen LogP contribution in [0.5, 0.6) is 0 Å². The lowest BCUT2D eigenvalue weighted by molar-refractivity contribution is 0.692. The highest BCUT2D eigenvalue weighted by atomic mass is 32.1. The highest BCUT2D eigenvalue weighted by Crippen LogP contribution is 2.35. The summed E-state index contributed by atoms with van der Waals surface area (Å²) >= 11 is 1.89. The second-order valence-electron chi connectivity index (χ2n) is 5.71. The van der Waals surface area contributed by atoms with Crippen LogP contribution in [-0.2, 0) is 0 Å². The number of rotatable bonds is 3. The molecule has 0 amide bonds. The van der Waals surface area contributed by atoms with Gasteiger partial charge in [-0.2, -0.15) is 0 Å². The molecule has 0 saturated heterocycles.